The van der Waals surface area contributed by atoms with E-state index in [1.165, 1.54) is 4.90 Å². The van der Waals surface area contributed by atoms with Gasteiger partial charge in [-0.25, -0.2) is 0 Å². The smallest absolute Gasteiger partial charge is 0.250 e. The van der Waals surface area contributed by atoms with Gasteiger partial charge >= 0.3 is 0 Å². The number of nitrogens with one attached hydrogen (secondary N) is 1. The molecule has 4 nitrogen and oxygen atoms in total. The van der Waals surface area contributed by atoms with Gasteiger partial charge in [0, 0.05) is 5.69 Å². The molecule has 1 aromatic rings. The van der Waals surface area contributed by atoms with Gasteiger partial charge in [-0.05, 0) is 23.6 Å². The van der Waals surface area contributed by atoms with E-state index in [2.05, 4.69) is 5.32 Å². The van der Waals surface area contributed by atoms with E-state index in [1.54, 1.807) is 18.2 Å². The van der Waals surface area contributed by atoms with Crippen LogP contribution in [0.15, 0.2) is 18.2 Å². The first-order valence-electron chi connectivity index (χ1n) is 6.26. The summed E-state index contributed by atoms with van der Waals surface area (Å²) in [6.07, 6.45) is 0. The predicted molar refractivity (Wildman–Crippen MR) is 80.2 cm³/mol. The molecule has 0 aromatic heterocycles. The monoisotopic (exact) mass is 314 g/mol. The first-order chi connectivity index (χ1) is 9.20. The van der Waals surface area contributed by atoms with Crippen LogP contribution in [-0.2, 0) is 9.59 Å². The highest BCUT2D eigenvalue weighted by atomic mass is 35.5. The molecule has 1 aromatic carbocycles. The van der Waals surface area contributed by atoms with Gasteiger partial charge < -0.3 is 10.2 Å². The van der Waals surface area contributed by atoms with Gasteiger partial charge in [-0.1, -0.05) is 44.0 Å². The number of anilines is 1. The van der Waals surface area contributed by atoms with Crippen molar-refractivity contribution in [1.82, 2.24) is 5.32 Å². The molecule has 0 saturated carbocycles. The largest absolute Gasteiger partial charge is 0.342 e. The van der Waals surface area contributed by atoms with E-state index in [-0.39, 0.29) is 23.8 Å². The molecule has 1 atom stereocenters. The third kappa shape index (κ3) is 2.91. The Bertz CT molecular complexity index is 567. The summed E-state index contributed by atoms with van der Waals surface area (Å²) in [4.78, 5) is 25.8. The van der Waals surface area contributed by atoms with Crippen molar-refractivity contribution in [2.75, 3.05) is 11.4 Å². The van der Waals surface area contributed by atoms with Crippen LogP contribution in [0.4, 0.5) is 5.69 Å². The Balaban J connectivity index is 2.37. The molecule has 1 aliphatic rings. The minimum atomic E-state index is -0.557. The molecule has 108 valence electrons. The molecule has 0 radical (unpaired) electrons. The summed E-state index contributed by atoms with van der Waals surface area (Å²) in [6, 6.07) is 4.34. The topological polar surface area (TPSA) is 49.4 Å². The van der Waals surface area contributed by atoms with Crippen molar-refractivity contribution in [3.05, 3.63) is 28.2 Å². The Kier molecular flexibility index (Phi) is 3.98. The maximum atomic E-state index is 12.5. The van der Waals surface area contributed by atoms with Crippen LogP contribution in [0.3, 0.4) is 0 Å². The molecule has 1 aliphatic heterocycles. The quantitative estimate of drug-likeness (QED) is 0.866. The number of carbonyl (C=O) groups is 2. The second-order valence-electron chi connectivity index (χ2n) is 5.89. The predicted octanol–water partition coefficient (Wildman–Crippen LogP) is 2.87. The maximum absolute atomic E-state index is 12.5. The van der Waals surface area contributed by atoms with Crippen molar-refractivity contribution in [3.63, 3.8) is 0 Å². The lowest BCUT2D eigenvalue weighted by molar-refractivity contribution is -0.133. The zero-order chi connectivity index (χ0) is 15.1. The van der Waals surface area contributed by atoms with Gasteiger partial charge in [-0.2, -0.15) is 0 Å². The lowest BCUT2D eigenvalue weighted by atomic mass is 9.84. The van der Waals surface area contributed by atoms with Crippen LogP contribution in [-0.4, -0.2) is 24.4 Å². The van der Waals surface area contributed by atoms with E-state index in [0.717, 1.165) is 0 Å². The second-order valence-corrected chi connectivity index (χ2v) is 6.70. The molecule has 1 heterocycles. The molecule has 20 heavy (non-hydrogen) atoms. The fourth-order valence-electron chi connectivity index (χ4n) is 2.10. The number of piperazine rings is 1. The highest BCUT2D eigenvalue weighted by Gasteiger charge is 2.40. The van der Waals surface area contributed by atoms with Gasteiger partial charge in [0.05, 0.1) is 10.0 Å². The second kappa shape index (κ2) is 5.26. The third-order valence-electron chi connectivity index (χ3n) is 3.20. The fourth-order valence-corrected chi connectivity index (χ4v) is 2.40. The van der Waals surface area contributed by atoms with Crippen LogP contribution in [0.25, 0.3) is 0 Å². The number of hydrogen-bond donors (Lipinski definition) is 1. The summed E-state index contributed by atoms with van der Waals surface area (Å²) in [5.41, 5.74) is 0.218. The Labute approximate surface area is 128 Å². The van der Waals surface area contributed by atoms with E-state index in [4.69, 9.17) is 23.2 Å². The number of halogens is 2. The number of amides is 2. The van der Waals surface area contributed by atoms with E-state index in [0.29, 0.717) is 15.7 Å². The summed E-state index contributed by atoms with van der Waals surface area (Å²) in [5, 5.41) is 3.51. The molecule has 6 heteroatoms. The lowest BCUT2D eigenvalue weighted by Crippen LogP contribution is -2.62. The molecule has 1 saturated heterocycles. The van der Waals surface area contributed by atoms with Crippen LogP contribution < -0.4 is 10.2 Å². The van der Waals surface area contributed by atoms with Crippen molar-refractivity contribution in [2.24, 2.45) is 5.41 Å². The summed E-state index contributed by atoms with van der Waals surface area (Å²) in [7, 11) is 0. The van der Waals surface area contributed by atoms with E-state index in [9.17, 15) is 9.59 Å². The first-order valence-corrected chi connectivity index (χ1v) is 7.01. The third-order valence-corrected chi connectivity index (χ3v) is 3.94. The molecule has 1 unspecified atom stereocenters. The Hall–Kier alpha value is -1.26. The Morgan fingerprint density at radius 1 is 1.20 bits per heavy atom. The average molecular weight is 315 g/mol. The van der Waals surface area contributed by atoms with Gasteiger partial charge in [-0.15, -0.1) is 0 Å². The van der Waals surface area contributed by atoms with Gasteiger partial charge in [0.15, 0.2) is 0 Å². The van der Waals surface area contributed by atoms with Crippen molar-refractivity contribution >= 4 is 40.7 Å². The van der Waals surface area contributed by atoms with Gasteiger partial charge in [0.1, 0.15) is 12.6 Å². The SMILES string of the molecule is CC(C)(C)C1NC(=O)CN(c2ccc(Cl)c(Cl)c2)C1=O. The molecule has 0 bridgehead atoms. The van der Waals surface area contributed by atoms with Crippen LogP contribution in [0.1, 0.15) is 20.8 Å². The highest BCUT2D eigenvalue weighted by Crippen LogP contribution is 2.30. The maximum Gasteiger partial charge on any atom is 0.250 e. The van der Waals surface area contributed by atoms with Crippen LogP contribution >= 0.6 is 23.2 Å². The number of nitrogens with zero attached hydrogens (tertiary/aromatic N) is 1. The fraction of sp³-hybridized carbons (Fsp3) is 0.429. The summed E-state index contributed by atoms with van der Waals surface area (Å²) < 4.78 is 0. The number of rotatable bonds is 1. The zero-order valence-corrected chi connectivity index (χ0v) is 13.0. The standard InChI is InChI=1S/C14H16Cl2N2O2/c1-14(2,3)12-13(20)18(7-11(19)17-12)8-4-5-9(15)10(16)6-8/h4-6,12H,7H2,1-3H3,(H,17,19). The van der Waals surface area contributed by atoms with E-state index < -0.39 is 6.04 Å². The molecule has 1 fully saturated rings. The molecule has 0 spiro atoms. The minimum absolute atomic E-state index is 0.0105. The number of benzene rings is 1. The van der Waals surface area contributed by atoms with Crippen molar-refractivity contribution in [2.45, 2.75) is 26.8 Å². The zero-order valence-electron chi connectivity index (χ0n) is 11.5. The molecule has 2 amide bonds. The lowest BCUT2D eigenvalue weighted by Gasteiger charge is -2.38. The summed E-state index contributed by atoms with van der Waals surface area (Å²) >= 11 is 11.8. The van der Waals surface area contributed by atoms with Gasteiger partial charge in [-0.3, -0.25) is 9.59 Å². The van der Waals surface area contributed by atoms with Gasteiger partial charge in [0.25, 0.3) is 5.91 Å². The molecular formula is C14H16Cl2N2O2. The van der Waals surface area contributed by atoms with Crippen molar-refractivity contribution in [1.29, 1.82) is 0 Å². The number of hydrogen-bond acceptors (Lipinski definition) is 2. The molecule has 2 rings (SSSR count). The van der Waals surface area contributed by atoms with Gasteiger partial charge in [0.2, 0.25) is 5.91 Å². The van der Waals surface area contributed by atoms with Crippen molar-refractivity contribution in [3.8, 4) is 0 Å². The van der Waals surface area contributed by atoms with Crippen LogP contribution in [0, 0.1) is 5.41 Å². The molecular weight excluding hydrogens is 299 g/mol. The molecule has 0 aliphatic carbocycles. The Morgan fingerprint density at radius 3 is 2.40 bits per heavy atom. The normalized spacial score (nSPS) is 20.1. The first kappa shape index (κ1) is 15.1. The minimum Gasteiger partial charge on any atom is -0.342 e. The van der Waals surface area contributed by atoms with Crippen LogP contribution in [0.5, 0.6) is 0 Å². The van der Waals surface area contributed by atoms with E-state index >= 15 is 0 Å². The summed E-state index contributed by atoms with van der Waals surface area (Å²) in [5.74, 6) is -0.328. The van der Waals surface area contributed by atoms with Crippen molar-refractivity contribution < 1.29 is 9.59 Å². The highest BCUT2D eigenvalue weighted by molar-refractivity contribution is 6.42. The summed E-state index contributed by atoms with van der Waals surface area (Å²) in [6.45, 7) is 5.72. The number of carbonyl (C=O) groups excluding carboxylic acids is 2. The Morgan fingerprint density at radius 2 is 1.85 bits per heavy atom. The van der Waals surface area contributed by atoms with E-state index in [1.807, 2.05) is 20.8 Å². The van der Waals surface area contributed by atoms with Crippen LogP contribution in [0.2, 0.25) is 10.0 Å². The average Bonchev–Trinajstić information content (AvgIpc) is 2.34. The molecule has 1 N–H and O–H groups in total.